The van der Waals surface area contributed by atoms with Gasteiger partial charge in [0.2, 0.25) is 5.91 Å². The number of pyridine rings is 1. The SMILES string of the molecule is C[C@@H]1C(=O)N(C)c2ccc(Cl)nc2N1C1CCNCC1.Cl. The molecule has 1 aromatic heterocycles. The molecule has 1 N–H and O–H groups in total. The molecule has 1 aromatic rings. The lowest BCUT2D eigenvalue weighted by molar-refractivity contribution is -0.119. The average molecular weight is 331 g/mol. The van der Waals surface area contributed by atoms with E-state index in [0.717, 1.165) is 37.4 Å². The van der Waals surface area contributed by atoms with Crippen LogP contribution in [0.2, 0.25) is 5.15 Å². The zero-order valence-corrected chi connectivity index (χ0v) is 13.7. The number of anilines is 2. The zero-order valence-electron chi connectivity index (χ0n) is 12.2. The van der Waals surface area contributed by atoms with Crippen LogP contribution in [-0.2, 0) is 4.79 Å². The Morgan fingerprint density at radius 3 is 2.67 bits per heavy atom. The first-order chi connectivity index (χ1) is 9.59. The maximum atomic E-state index is 12.4. The molecule has 0 radical (unpaired) electrons. The van der Waals surface area contributed by atoms with E-state index in [4.69, 9.17) is 11.6 Å². The maximum Gasteiger partial charge on any atom is 0.249 e. The summed E-state index contributed by atoms with van der Waals surface area (Å²) in [6, 6.07) is 3.76. The number of fused-ring (bicyclic) bond motifs is 1. The van der Waals surface area contributed by atoms with Crippen LogP contribution in [0.25, 0.3) is 0 Å². The van der Waals surface area contributed by atoms with Crippen LogP contribution >= 0.6 is 24.0 Å². The van der Waals surface area contributed by atoms with E-state index in [1.807, 2.05) is 13.0 Å². The third-order valence-electron chi connectivity index (χ3n) is 4.23. The number of carbonyl (C=O) groups is 1. The van der Waals surface area contributed by atoms with Gasteiger partial charge in [-0.1, -0.05) is 11.6 Å². The van der Waals surface area contributed by atoms with Crippen LogP contribution in [0.5, 0.6) is 0 Å². The van der Waals surface area contributed by atoms with E-state index in [0.29, 0.717) is 11.2 Å². The van der Waals surface area contributed by atoms with Crippen molar-refractivity contribution >= 4 is 41.4 Å². The molecule has 3 rings (SSSR count). The summed E-state index contributed by atoms with van der Waals surface area (Å²) in [4.78, 5) is 20.8. The summed E-state index contributed by atoms with van der Waals surface area (Å²) in [6.07, 6.45) is 2.05. The molecule has 2 aliphatic rings. The minimum atomic E-state index is -0.193. The highest BCUT2D eigenvalue weighted by atomic mass is 35.5. The van der Waals surface area contributed by atoms with Crippen molar-refractivity contribution in [2.45, 2.75) is 31.8 Å². The van der Waals surface area contributed by atoms with Gasteiger partial charge in [0.05, 0.1) is 5.69 Å². The number of hydrogen-bond acceptors (Lipinski definition) is 4. The molecule has 2 aliphatic heterocycles. The van der Waals surface area contributed by atoms with Crippen LogP contribution in [0.15, 0.2) is 12.1 Å². The Hall–Kier alpha value is -1.04. The number of aromatic nitrogens is 1. The highest BCUT2D eigenvalue weighted by Gasteiger charge is 2.38. The topological polar surface area (TPSA) is 48.5 Å². The second-order valence-corrected chi connectivity index (χ2v) is 5.83. The van der Waals surface area contributed by atoms with Crippen molar-refractivity contribution in [3.8, 4) is 0 Å². The molecule has 116 valence electrons. The molecule has 1 atom stereocenters. The standard InChI is InChI=1S/C14H19ClN4O.ClH/c1-9-14(20)18(2)11-3-4-12(15)17-13(11)19(9)10-5-7-16-8-6-10;/h3-4,9-10,16H,5-8H2,1-2H3;1H/t9-;/m1./s1. The predicted octanol–water partition coefficient (Wildman–Crippen LogP) is 2.08. The highest BCUT2D eigenvalue weighted by molar-refractivity contribution is 6.29. The number of rotatable bonds is 1. The molecule has 0 saturated carbocycles. The van der Waals surface area contributed by atoms with E-state index in [-0.39, 0.29) is 24.4 Å². The van der Waals surface area contributed by atoms with Crippen LogP contribution in [0.1, 0.15) is 19.8 Å². The Bertz CT molecular complexity index is 534. The summed E-state index contributed by atoms with van der Waals surface area (Å²) in [6.45, 7) is 3.91. The fourth-order valence-electron chi connectivity index (χ4n) is 3.15. The smallest absolute Gasteiger partial charge is 0.249 e. The summed E-state index contributed by atoms with van der Waals surface area (Å²) in [5.74, 6) is 0.944. The van der Waals surface area contributed by atoms with Gasteiger partial charge in [0.25, 0.3) is 0 Å². The quantitative estimate of drug-likeness (QED) is 0.801. The van der Waals surface area contributed by atoms with E-state index in [2.05, 4.69) is 15.2 Å². The third kappa shape index (κ3) is 2.82. The lowest BCUT2D eigenvalue weighted by Gasteiger charge is -2.44. The Balaban J connectivity index is 0.00000161. The second-order valence-electron chi connectivity index (χ2n) is 5.44. The van der Waals surface area contributed by atoms with Crippen LogP contribution < -0.4 is 15.1 Å². The summed E-state index contributed by atoms with van der Waals surface area (Å²) in [5, 5.41) is 3.83. The number of amides is 1. The van der Waals surface area contributed by atoms with E-state index in [1.165, 1.54) is 0 Å². The normalized spacial score (nSPS) is 22.8. The van der Waals surface area contributed by atoms with E-state index in [9.17, 15) is 4.79 Å². The van der Waals surface area contributed by atoms with E-state index < -0.39 is 0 Å². The molecule has 5 nitrogen and oxygen atoms in total. The van der Waals surface area contributed by atoms with E-state index in [1.54, 1.807) is 18.0 Å². The largest absolute Gasteiger partial charge is 0.340 e. The first-order valence-corrected chi connectivity index (χ1v) is 7.40. The van der Waals surface area contributed by atoms with Gasteiger partial charge in [-0.2, -0.15) is 0 Å². The van der Waals surface area contributed by atoms with Gasteiger partial charge in [0, 0.05) is 13.1 Å². The first-order valence-electron chi connectivity index (χ1n) is 7.03. The van der Waals surface area contributed by atoms with Gasteiger partial charge in [0.1, 0.15) is 11.2 Å². The predicted molar refractivity (Wildman–Crippen MR) is 87.7 cm³/mol. The molecule has 0 unspecified atom stereocenters. The number of halogens is 2. The molecular formula is C14H20Cl2N4O. The van der Waals surface area contributed by atoms with Gasteiger partial charge in [0.15, 0.2) is 5.82 Å². The number of carbonyl (C=O) groups excluding carboxylic acids is 1. The van der Waals surface area contributed by atoms with Crippen LogP contribution in [0.3, 0.4) is 0 Å². The average Bonchev–Trinajstić information content (AvgIpc) is 2.46. The molecule has 1 fully saturated rings. The van der Waals surface area contributed by atoms with Gasteiger partial charge < -0.3 is 15.1 Å². The molecule has 1 saturated heterocycles. The lowest BCUT2D eigenvalue weighted by Crippen LogP contribution is -2.56. The first kappa shape index (κ1) is 16.3. The van der Waals surface area contributed by atoms with Crippen molar-refractivity contribution in [1.29, 1.82) is 0 Å². The van der Waals surface area contributed by atoms with Crippen LogP contribution in [0, 0.1) is 0 Å². The second kappa shape index (κ2) is 6.38. The monoisotopic (exact) mass is 330 g/mol. The van der Waals surface area contributed by atoms with E-state index >= 15 is 0 Å². The fraction of sp³-hybridized carbons (Fsp3) is 0.571. The van der Waals surface area contributed by atoms with Crippen molar-refractivity contribution in [2.24, 2.45) is 0 Å². The molecule has 0 spiro atoms. The molecule has 21 heavy (non-hydrogen) atoms. The third-order valence-corrected chi connectivity index (χ3v) is 4.44. The lowest BCUT2D eigenvalue weighted by atomic mass is 10.00. The number of likely N-dealkylation sites (N-methyl/N-ethyl adjacent to an activating group) is 1. The number of piperidine rings is 1. The van der Waals surface area contributed by atoms with Crippen molar-refractivity contribution in [3.63, 3.8) is 0 Å². The van der Waals surface area contributed by atoms with Gasteiger partial charge in [-0.05, 0) is 45.0 Å². The summed E-state index contributed by atoms with van der Waals surface area (Å²) >= 11 is 6.06. The molecule has 1 amide bonds. The van der Waals surface area contributed by atoms with Crippen LogP contribution in [-0.4, -0.2) is 43.1 Å². The molecular weight excluding hydrogens is 311 g/mol. The maximum absolute atomic E-state index is 12.4. The summed E-state index contributed by atoms with van der Waals surface area (Å²) in [7, 11) is 1.80. The summed E-state index contributed by atoms with van der Waals surface area (Å²) in [5.41, 5.74) is 0.844. The molecule has 3 heterocycles. The molecule has 0 aromatic carbocycles. The Morgan fingerprint density at radius 1 is 1.33 bits per heavy atom. The van der Waals surface area contributed by atoms with Crippen molar-refractivity contribution in [2.75, 3.05) is 29.9 Å². The molecule has 7 heteroatoms. The van der Waals surface area contributed by atoms with Gasteiger partial charge in [-0.25, -0.2) is 4.98 Å². The van der Waals surface area contributed by atoms with Crippen molar-refractivity contribution < 1.29 is 4.79 Å². The van der Waals surface area contributed by atoms with Crippen molar-refractivity contribution in [1.82, 2.24) is 10.3 Å². The molecule has 0 bridgehead atoms. The van der Waals surface area contributed by atoms with Crippen LogP contribution in [0.4, 0.5) is 11.5 Å². The Morgan fingerprint density at radius 2 is 2.00 bits per heavy atom. The highest BCUT2D eigenvalue weighted by Crippen LogP contribution is 2.37. The minimum absolute atomic E-state index is 0. The Labute approximate surface area is 136 Å². The van der Waals surface area contributed by atoms with Gasteiger partial charge in [-0.15, -0.1) is 12.4 Å². The Kier molecular flexibility index (Phi) is 4.96. The van der Waals surface area contributed by atoms with Gasteiger partial charge in [-0.3, -0.25) is 4.79 Å². The number of hydrogen-bond donors (Lipinski definition) is 1. The van der Waals surface area contributed by atoms with Gasteiger partial charge >= 0.3 is 0 Å². The molecule has 0 aliphatic carbocycles. The summed E-state index contributed by atoms with van der Waals surface area (Å²) < 4.78 is 0. The number of nitrogens with zero attached hydrogens (tertiary/aromatic N) is 3. The van der Waals surface area contributed by atoms with Crippen molar-refractivity contribution in [3.05, 3.63) is 17.3 Å². The zero-order chi connectivity index (χ0) is 14.3. The minimum Gasteiger partial charge on any atom is -0.340 e. The number of nitrogens with one attached hydrogen (secondary N) is 1. The fourth-order valence-corrected chi connectivity index (χ4v) is 3.29.